The maximum atomic E-state index is 14.1. The lowest BCUT2D eigenvalue weighted by Crippen LogP contribution is -2.52. The van der Waals surface area contributed by atoms with E-state index in [2.05, 4.69) is 5.32 Å². The first-order valence-corrected chi connectivity index (χ1v) is 15.8. The Kier molecular flexibility index (Phi) is 11.3. The van der Waals surface area contributed by atoms with Crippen molar-refractivity contribution in [3.05, 3.63) is 87.4 Å². The summed E-state index contributed by atoms with van der Waals surface area (Å²) in [6, 6.07) is 15.4. The Balaban J connectivity index is 2.11. The monoisotopic (exact) mass is 633 g/mol. The summed E-state index contributed by atoms with van der Waals surface area (Å²) in [6.45, 7) is 8.51. The summed E-state index contributed by atoms with van der Waals surface area (Å²) >= 11 is 12.3. The largest absolute Gasteiger partial charge is 0.495 e. The highest BCUT2D eigenvalue weighted by Crippen LogP contribution is 2.34. The van der Waals surface area contributed by atoms with Crippen LogP contribution in [0.3, 0.4) is 0 Å². The van der Waals surface area contributed by atoms with Crippen molar-refractivity contribution in [3.63, 3.8) is 0 Å². The molecule has 0 unspecified atom stereocenters. The molecule has 0 fully saturated rings. The van der Waals surface area contributed by atoms with Gasteiger partial charge in [0.25, 0.3) is 10.0 Å². The Morgan fingerprint density at radius 3 is 2.17 bits per heavy atom. The van der Waals surface area contributed by atoms with Crippen LogP contribution in [-0.2, 0) is 26.2 Å². The molecule has 0 spiro atoms. The quantitative estimate of drug-likeness (QED) is 0.258. The third-order valence-corrected chi connectivity index (χ3v) is 9.51. The number of carbonyl (C=O) groups is 2. The zero-order valence-corrected chi connectivity index (χ0v) is 27.0. The molecule has 1 N–H and O–H groups in total. The van der Waals surface area contributed by atoms with Crippen molar-refractivity contribution in [3.8, 4) is 5.75 Å². The van der Waals surface area contributed by atoms with Crippen molar-refractivity contribution >= 4 is 50.7 Å². The van der Waals surface area contributed by atoms with Gasteiger partial charge in [-0.1, -0.05) is 60.0 Å². The number of ether oxygens (including phenoxy) is 1. The molecule has 11 heteroatoms. The van der Waals surface area contributed by atoms with E-state index >= 15 is 0 Å². The summed E-state index contributed by atoms with van der Waals surface area (Å²) in [5.74, 6) is -0.673. The number of benzene rings is 3. The van der Waals surface area contributed by atoms with Crippen LogP contribution in [0.4, 0.5) is 5.69 Å². The SMILES string of the molecule is CC[C@H](C)NC(=O)[C@@H](C)N(Cc1ccc(Cl)c(Cl)c1)C(=O)CN(c1cc(C)ccc1OC)S(=O)(=O)c1ccc(C)cc1. The molecule has 3 aromatic rings. The van der Waals surface area contributed by atoms with Crippen LogP contribution in [0.25, 0.3) is 0 Å². The number of carbonyl (C=O) groups excluding carboxylic acids is 2. The molecule has 226 valence electrons. The average molecular weight is 635 g/mol. The Morgan fingerprint density at radius 2 is 1.57 bits per heavy atom. The zero-order chi connectivity index (χ0) is 31.2. The highest BCUT2D eigenvalue weighted by molar-refractivity contribution is 7.92. The van der Waals surface area contributed by atoms with E-state index in [-0.39, 0.29) is 34.8 Å². The Bertz CT molecular complexity index is 1530. The summed E-state index contributed by atoms with van der Waals surface area (Å²) in [5.41, 5.74) is 2.50. The van der Waals surface area contributed by atoms with Crippen molar-refractivity contribution in [2.45, 2.75) is 64.6 Å². The number of hydrogen-bond donors (Lipinski definition) is 1. The number of halogens is 2. The molecule has 0 aliphatic rings. The van der Waals surface area contributed by atoms with Gasteiger partial charge in [-0.2, -0.15) is 0 Å². The van der Waals surface area contributed by atoms with Crippen LogP contribution in [0.15, 0.2) is 65.6 Å². The van der Waals surface area contributed by atoms with Crippen molar-refractivity contribution < 1.29 is 22.7 Å². The summed E-state index contributed by atoms with van der Waals surface area (Å²) in [5, 5.41) is 3.56. The van der Waals surface area contributed by atoms with Gasteiger partial charge in [-0.05, 0) is 81.6 Å². The number of amides is 2. The number of aryl methyl sites for hydroxylation is 2. The normalized spacial score (nSPS) is 12.8. The van der Waals surface area contributed by atoms with Gasteiger partial charge in [0.2, 0.25) is 11.8 Å². The van der Waals surface area contributed by atoms with Gasteiger partial charge in [-0.3, -0.25) is 13.9 Å². The van der Waals surface area contributed by atoms with Crippen molar-refractivity contribution in [2.24, 2.45) is 0 Å². The fourth-order valence-corrected chi connectivity index (χ4v) is 5.97. The molecule has 2 amide bonds. The first kappa shape index (κ1) is 33.2. The summed E-state index contributed by atoms with van der Waals surface area (Å²) in [7, 11) is -2.80. The van der Waals surface area contributed by atoms with Gasteiger partial charge in [0.15, 0.2) is 0 Å². The van der Waals surface area contributed by atoms with E-state index in [0.717, 1.165) is 15.4 Å². The first-order valence-electron chi connectivity index (χ1n) is 13.6. The lowest BCUT2D eigenvalue weighted by atomic mass is 10.1. The van der Waals surface area contributed by atoms with Crippen LogP contribution in [0, 0.1) is 13.8 Å². The van der Waals surface area contributed by atoms with Crippen LogP contribution in [-0.4, -0.2) is 50.9 Å². The Labute approximate surface area is 258 Å². The number of rotatable bonds is 12. The average Bonchev–Trinajstić information content (AvgIpc) is 2.95. The molecule has 0 saturated carbocycles. The summed E-state index contributed by atoms with van der Waals surface area (Å²) < 4.78 is 34.7. The van der Waals surface area contributed by atoms with Gasteiger partial charge < -0.3 is 15.0 Å². The van der Waals surface area contributed by atoms with Crippen LogP contribution < -0.4 is 14.4 Å². The van der Waals surface area contributed by atoms with E-state index in [4.69, 9.17) is 27.9 Å². The van der Waals surface area contributed by atoms with Gasteiger partial charge in [0, 0.05) is 12.6 Å². The second-order valence-corrected chi connectivity index (χ2v) is 12.9. The number of methoxy groups -OCH3 is 1. The number of nitrogens with one attached hydrogen (secondary N) is 1. The van der Waals surface area contributed by atoms with Crippen molar-refractivity contribution in [2.75, 3.05) is 18.0 Å². The Morgan fingerprint density at radius 1 is 0.929 bits per heavy atom. The van der Waals surface area contributed by atoms with Crippen LogP contribution in [0.2, 0.25) is 10.0 Å². The molecule has 0 heterocycles. The van der Waals surface area contributed by atoms with Crippen LogP contribution in [0.1, 0.15) is 43.9 Å². The van der Waals surface area contributed by atoms with Gasteiger partial charge in [-0.15, -0.1) is 0 Å². The standard InChI is InChI=1S/C31H37Cl2N3O5S/c1-7-22(4)34-31(38)23(5)35(18-24-11-14-26(32)27(33)17-24)30(37)19-36(28-16-21(3)10-15-29(28)41-6)42(39,40)25-12-8-20(2)9-13-25/h8-17,22-23H,7,18-19H2,1-6H3,(H,34,38)/t22-,23+/m0/s1. The lowest BCUT2D eigenvalue weighted by molar-refractivity contribution is -0.139. The predicted molar refractivity (Wildman–Crippen MR) is 168 cm³/mol. The smallest absolute Gasteiger partial charge is 0.264 e. The molecule has 0 aliphatic carbocycles. The van der Waals surface area contributed by atoms with E-state index in [1.54, 1.807) is 55.5 Å². The summed E-state index contributed by atoms with van der Waals surface area (Å²) in [6.07, 6.45) is 0.703. The second-order valence-electron chi connectivity index (χ2n) is 10.3. The number of nitrogens with zero attached hydrogens (tertiary/aromatic N) is 2. The molecule has 3 rings (SSSR count). The van der Waals surface area contributed by atoms with E-state index in [9.17, 15) is 18.0 Å². The molecule has 2 atom stereocenters. The van der Waals surface area contributed by atoms with Gasteiger partial charge in [-0.25, -0.2) is 8.42 Å². The van der Waals surface area contributed by atoms with E-state index in [0.29, 0.717) is 22.0 Å². The molecule has 3 aromatic carbocycles. The molecule has 0 aliphatic heterocycles. The number of anilines is 1. The molecule has 0 saturated heterocycles. The lowest BCUT2D eigenvalue weighted by Gasteiger charge is -2.33. The fraction of sp³-hybridized carbons (Fsp3) is 0.355. The fourth-order valence-electron chi connectivity index (χ4n) is 4.23. The minimum atomic E-state index is -4.24. The molecule has 0 radical (unpaired) electrons. The maximum absolute atomic E-state index is 14.1. The van der Waals surface area contributed by atoms with E-state index in [1.807, 2.05) is 27.7 Å². The predicted octanol–water partition coefficient (Wildman–Crippen LogP) is 6.15. The van der Waals surface area contributed by atoms with Crippen LogP contribution in [0.5, 0.6) is 5.75 Å². The first-order chi connectivity index (χ1) is 19.8. The topological polar surface area (TPSA) is 96.0 Å². The maximum Gasteiger partial charge on any atom is 0.264 e. The van der Waals surface area contributed by atoms with E-state index in [1.165, 1.54) is 24.1 Å². The number of hydrogen-bond acceptors (Lipinski definition) is 5. The van der Waals surface area contributed by atoms with Crippen molar-refractivity contribution in [1.82, 2.24) is 10.2 Å². The van der Waals surface area contributed by atoms with Crippen LogP contribution >= 0.6 is 23.2 Å². The molecule has 42 heavy (non-hydrogen) atoms. The second kappa shape index (κ2) is 14.3. The highest BCUT2D eigenvalue weighted by atomic mass is 35.5. The molecular weight excluding hydrogens is 597 g/mol. The minimum absolute atomic E-state index is 0.00577. The van der Waals surface area contributed by atoms with Gasteiger partial charge in [0.1, 0.15) is 18.3 Å². The minimum Gasteiger partial charge on any atom is -0.495 e. The molecule has 0 aromatic heterocycles. The number of sulfonamides is 1. The Hall–Kier alpha value is -3.27. The molecule has 0 bridgehead atoms. The third kappa shape index (κ3) is 7.96. The third-order valence-electron chi connectivity index (χ3n) is 7.00. The van der Waals surface area contributed by atoms with Gasteiger partial charge in [0.05, 0.1) is 27.7 Å². The highest BCUT2D eigenvalue weighted by Gasteiger charge is 2.34. The molecular formula is C31H37Cl2N3O5S. The zero-order valence-electron chi connectivity index (χ0n) is 24.6. The van der Waals surface area contributed by atoms with E-state index < -0.39 is 28.5 Å². The summed E-state index contributed by atoms with van der Waals surface area (Å²) in [4.78, 5) is 28.7. The van der Waals surface area contributed by atoms with Gasteiger partial charge >= 0.3 is 0 Å². The molecule has 8 nitrogen and oxygen atoms in total. The van der Waals surface area contributed by atoms with Crippen molar-refractivity contribution in [1.29, 1.82) is 0 Å².